The van der Waals surface area contributed by atoms with Crippen LogP contribution >= 0.6 is 0 Å². The number of nitrogens with zero attached hydrogens (tertiary/aromatic N) is 3. The molecule has 0 saturated carbocycles. The molecular weight excluding hydrogens is 380 g/mol. The molecule has 0 unspecified atom stereocenters. The number of likely N-dealkylation sites (tertiary alicyclic amines) is 2. The maximum atomic E-state index is 12.6. The highest BCUT2D eigenvalue weighted by Gasteiger charge is 2.46. The lowest BCUT2D eigenvalue weighted by atomic mass is 10.2. The van der Waals surface area contributed by atoms with Crippen molar-refractivity contribution >= 4 is 21.8 Å². The van der Waals surface area contributed by atoms with Crippen molar-refractivity contribution in [3.63, 3.8) is 0 Å². The van der Waals surface area contributed by atoms with Crippen molar-refractivity contribution in [1.82, 2.24) is 14.1 Å². The van der Waals surface area contributed by atoms with Crippen molar-refractivity contribution in [2.75, 3.05) is 26.2 Å². The summed E-state index contributed by atoms with van der Waals surface area (Å²) in [6, 6.07) is 5.77. The summed E-state index contributed by atoms with van der Waals surface area (Å²) in [5.41, 5.74) is 0.118. The first-order valence-electron chi connectivity index (χ1n) is 8.77. The second kappa shape index (κ2) is 6.52. The molecule has 0 N–H and O–H groups in total. The zero-order valence-corrected chi connectivity index (χ0v) is 15.2. The van der Waals surface area contributed by atoms with Crippen LogP contribution in [-0.2, 0) is 14.8 Å². The third kappa shape index (κ3) is 3.00. The van der Waals surface area contributed by atoms with Crippen molar-refractivity contribution in [2.45, 2.75) is 36.2 Å². The molecule has 4 rings (SSSR count). The number of hydrogen-bond donors (Lipinski definition) is 0. The van der Waals surface area contributed by atoms with Crippen molar-refractivity contribution in [1.29, 1.82) is 0 Å². The van der Waals surface area contributed by atoms with Gasteiger partial charge in [0.15, 0.2) is 0 Å². The predicted octanol–water partition coefficient (Wildman–Crippen LogP) is 0.771. The number of carbonyl (C=O) groups is 2. The maximum absolute atomic E-state index is 12.6. The molecule has 2 amide bonds. The Morgan fingerprint density at radius 1 is 1.19 bits per heavy atom. The molecule has 0 aromatic heterocycles. The molecule has 7 nitrogen and oxygen atoms in total. The van der Waals surface area contributed by atoms with Crippen LogP contribution in [0.15, 0.2) is 29.2 Å². The summed E-state index contributed by atoms with van der Waals surface area (Å²) in [5, 5.41) is 0. The van der Waals surface area contributed by atoms with E-state index in [0.717, 1.165) is 4.31 Å². The quantitative estimate of drug-likeness (QED) is 0.731. The van der Waals surface area contributed by atoms with Crippen molar-refractivity contribution < 1.29 is 26.8 Å². The summed E-state index contributed by atoms with van der Waals surface area (Å²) in [6.07, 6.45) is -1.86. The van der Waals surface area contributed by atoms with Gasteiger partial charge in [0.1, 0.15) is 4.90 Å². The highest BCUT2D eigenvalue weighted by Crippen LogP contribution is 2.33. The number of fused-ring (bicyclic) bond motifs is 3. The largest absolute Gasteiger partial charge is 0.337 e. The van der Waals surface area contributed by atoms with Crippen LogP contribution in [0.5, 0.6) is 0 Å². The molecule has 2 fully saturated rings. The Hall–Kier alpha value is -2.07. The average Bonchev–Trinajstić information content (AvgIpc) is 3.25. The van der Waals surface area contributed by atoms with Gasteiger partial charge in [-0.25, -0.2) is 21.5 Å². The number of amides is 2. The third-order valence-electron chi connectivity index (χ3n) is 5.49. The summed E-state index contributed by atoms with van der Waals surface area (Å²) in [7, 11) is -3.93. The standard InChI is InChI=1S/C17H19F2N3O4S/c18-15(19)10-20-8-12-7-11(20)9-21(12)16(23)5-6-22-17(24)13-3-1-2-4-14(13)27(22,25)26/h1-4,11-12,15H,5-10H2/t11-,12-/m0/s1. The van der Waals surface area contributed by atoms with E-state index in [-0.39, 0.29) is 48.0 Å². The van der Waals surface area contributed by atoms with E-state index in [9.17, 15) is 26.8 Å². The van der Waals surface area contributed by atoms with Crippen molar-refractivity contribution in [3.8, 4) is 0 Å². The number of halogens is 2. The molecule has 27 heavy (non-hydrogen) atoms. The lowest BCUT2D eigenvalue weighted by Gasteiger charge is -2.34. The Kier molecular flexibility index (Phi) is 4.42. The maximum Gasteiger partial charge on any atom is 0.269 e. The summed E-state index contributed by atoms with van der Waals surface area (Å²) in [5.74, 6) is -0.873. The number of carbonyl (C=O) groups excluding carboxylic acids is 2. The number of rotatable bonds is 5. The molecule has 2 saturated heterocycles. The molecule has 3 aliphatic rings. The molecule has 1 aromatic carbocycles. The average molecular weight is 399 g/mol. The van der Waals surface area contributed by atoms with Crippen LogP contribution in [0.2, 0.25) is 0 Å². The smallest absolute Gasteiger partial charge is 0.269 e. The van der Waals surface area contributed by atoms with E-state index < -0.39 is 22.4 Å². The van der Waals surface area contributed by atoms with Crippen LogP contribution in [0.3, 0.4) is 0 Å². The molecule has 3 heterocycles. The van der Waals surface area contributed by atoms with Gasteiger partial charge in [-0.1, -0.05) is 12.1 Å². The van der Waals surface area contributed by atoms with Crippen LogP contribution in [0, 0.1) is 0 Å². The number of piperazine rings is 1. The summed E-state index contributed by atoms with van der Waals surface area (Å²) < 4.78 is 50.9. The molecular formula is C17H19F2N3O4S. The van der Waals surface area contributed by atoms with Gasteiger partial charge < -0.3 is 4.90 Å². The number of hydrogen-bond acceptors (Lipinski definition) is 5. The molecule has 0 spiro atoms. The Morgan fingerprint density at radius 2 is 1.93 bits per heavy atom. The van der Waals surface area contributed by atoms with Gasteiger partial charge in [-0.15, -0.1) is 0 Å². The van der Waals surface area contributed by atoms with Gasteiger partial charge in [0.2, 0.25) is 5.91 Å². The van der Waals surface area contributed by atoms with E-state index in [0.29, 0.717) is 19.5 Å². The zero-order valence-electron chi connectivity index (χ0n) is 14.4. The Bertz CT molecular complexity index is 892. The first-order valence-corrected chi connectivity index (χ1v) is 10.2. The van der Waals surface area contributed by atoms with E-state index in [1.807, 2.05) is 0 Å². The minimum Gasteiger partial charge on any atom is -0.337 e. The van der Waals surface area contributed by atoms with Gasteiger partial charge >= 0.3 is 0 Å². The number of sulfonamides is 1. The third-order valence-corrected chi connectivity index (χ3v) is 7.33. The van der Waals surface area contributed by atoms with Gasteiger partial charge in [0.25, 0.3) is 22.4 Å². The molecule has 146 valence electrons. The van der Waals surface area contributed by atoms with Crippen LogP contribution in [0.25, 0.3) is 0 Å². The Balaban J connectivity index is 1.38. The monoisotopic (exact) mass is 399 g/mol. The second-order valence-corrected chi connectivity index (χ2v) is 8.89. The van der Waals surface area contributed by atoms with E-state index in [1.54, 1.807) is 21.9 Å². The fourth-order valence-electron chi connectivity index (χ4n) is 4.25. The fraction of sp³-hybridized carbons (Fsp3) is 0.529. The van der Waals surface area contributed by atoms with Crippen LogP contribution in [0.4, 0.5) is 8.78 Å². The van der Waals surface area contributed by atoms with Gasteiger partial charge in [-0.05, 0) is 18.6 Å². The summed E-state index contributed by atoms with van der Waals surface area (Å²) >= 11 is 0. The van der Waals surface area contributed by atoms with Gasteiger partial charge in [0.05, 0.1) is 12.1 Å². The summed E-state index contributed by atoms with van der Waals surface area (Å²) in [6.45, 7) is 0.273. The fourth-order valence-corrected chi connectivity index (χ4v) is 5.82. The molecule has 3 aliphatic heterocycles. The molecule has 1 aromatic rings. The van der Waals surface area contributed by atoms with Crippen LogP contribution in [-0.4, -0.2) is 79.0 Å². The number of benzene rings is 1. The highest BCUT2D eigenvalue weighted by atomic mass is 32.2. The second-order valence-electron chi connectivity index (χ2n) is 7.06. The highest BCUT2D eigenvalue weighted by molar-refractivity contribution is 7.90. The van der Waals surface area contributed by atoms with Crippen LogP contribution < -0.4 is 0 Å². The SMILES string of the molecule is O=C(CCN1C(=O)c2ccccc2S1(=O)=O)N1C[C@@H]2C[C@H]1CN2CC(F)F. The van der Waals surface area contributed by atoms with Crippen molar-refractivity contribution in [3.05, 3.63) is 29.8 Å². The van der Waals surface area contributed by atoms with Crippen LogP contribution in [0.1, 0.15) is 23.2 Å². The number of alkyl halides is 2. The van der Waals surface area contributed by atoms with E-state index in [4.69, 9.17) is 0 Å². The van der Waals surface area contributed by atoms with E-state index in [1.165, 1.54) is 12.1 Å². The molecule has 2 bridgehead atoms. The summed E-state index contributed by atoms with van der Waals surface area (Å²) in [4.78, 5) is 28.2. The molecule has 10 heteroatoms. The molecule has 0 aliphatic carbocycles. The lowest BCUT2D eigenvalue weighted by Crippen LogP contribution is -2.50. The van der Waals surface area contributed by atoms with E-state index >= 15 is 0 Å². The molecule has 0 radical (unpaired) electrons. The topological polar surface area (TPSA) is 78.0 Å². The zero-order chi connectivity index (χ0) is 19.3. The lowest BCUT2D eigenvalue weighted by molar-refractivity contribution is -0.133. The van der Waals surface area contributed by atoms with Crippen molar-refractivity contribution in [2.24, 2.45) is 0 Å². The first kappa shape index (κ1) is 18.3. The first-order chi connectivity index (χ1) is 12.8. The van der Waals surface area contributed by atoms with Gasteiger partial charge in [0, 0.05) is 38.1 Å². The minimum atomic E-state index is -3.93. The molecule has 2 atom stereocenters. The van der Waals surface area contributed by atoms with Gasteiger partial charge in [-0.2, -0.15) is 0 Å². The normalized spacial score (nSPS) is 26.3. The minimum absolute atomic E-state index is 0.0367. The Morgan fingerprint density at radius 3 is 2.56 bits per heavy atom. The Labute approximate surface area is 155 Å². The predicted molar refractivity (Wildman–Crippen MR) is 90.8 cm³/mol. The van der Waals surface area contributed by atoms with E-state index in [2.05, 4.69) is 0 Å². The van der Waals surface area contributed by atoms with Gasteiger partial charge in [-0.3, -0.25) is 14.5 Å².